The lowest BCUT2D eigenvalue weighted by molar-refractivity contribution is 0.0696. The van der Waals surface area contributed by atoms with Gasteiger partial charge in [-0.15, -0.1) is 0 Å². The predicted molar refractivity (Wildman–Crippen MR) is 67.2 cm³/mol. The molecule has 0 saturated heterocycles. The highest BCUT2D eigenvalue weighted by molar-refractivity contribution is 6.33. The minimum Gasteiger partial charge on any atom is -0.478 e. The van der Waals surface area contributed by atoms with Crippen molar-refractivity contribution in [1.82, 2.24) is 4.98 Å². The number of ether oxygens (including phenoxy) is 1. The van der Waals surface area contributed by atoms with E-state index in [-0.39, 0.29) is 23.2 Å². The molecule has 1 heterocycles. The number of nitrogens with one attached hydrogen (secondary N) is 1. The van der Waals surface area contributed by atoms with Gasteiger partial charge in [-0.3, -0.25) is 0 Å². The van der Waals surface area contributed by atoms with Gasteiger partial charge in [0.05, 0.1) is 23.2 Å². The summed E-state index contributed by atoms with van der Waals surface area (Å²) in [5.74, 6) is -0.711. The highest BCUT2D eigenvalue weighted by Crippen LogP contribution is 2.21. The zero-order valence-electron chi connectivity index (χ0n) is 9.89. The van der Waals surface area contributed by atoms with Crippen LogP contribution in [0.5, 0.6) is 0 Å². The highest BCUT2D eigenvalue weighted by atomic mass is 35.5. The second kappa shape index (κ2) is 7.15. The summed E-state index contributed by atoms with van der Waals surface area (Å²) in [6.45, 7) is 0.394. The van der Waals surface area contributed by atoms with E-state index in [0.29, 0.717) is 18.8 Å². The van der Waals surface area contributed by atoms with Crippen molar-refractivity contribution in [1.29, 1.82) is 0 Å². The summed E-state index contributed by atoms with van der Waals surface area (Å²) in [5, 5.41) is 20.9. The van der Waals surface area contributed by atoms with Crippen molar-refractivity contribution in [3.05, 3.63) is 22.8 Å². The smallest absolute Gasteiger partial charge is 0.337 e. The molecule has 100 valence electrons. The number of methoxy groups -OCH3 is 1. The summed E-state index contributed by atoms with van der Waals surface area (Å²) in [6.07, 6.45) is 1.70. The summed E-state index contributed by atoms with van der Waals surface area (Å²) in [6, 6.07) is 1.18. The molecule has 1 aromatic heterocycles. The lowest BCUT2D eigenvalue weighted by atomic mass is 10.2. The van der Waals surface area contributed by atoms with Crippen molar-refractivity contribution in [3.63, 3.8) is 0 Å². The van der Waals surface area contributed by atoms with Crippen LogP contribution >= 0.6 is 11.6 Å². The molecule has 1 rings (SSSR count). The van der Waals surface area contributed by atoms with Crippen LogP contribution in [0.3, 0.4) is 0 Å². The number of halogens is 1. The number of nitrogens with zero attached hydrogens (tertiary/aromatic N) is 1. The van der Waals surface area contributed by atoms with Crippen LogP contribution in [0, 0.1) is 0 Å². The van der Waals surface area contributed by atoms with Crippen molar-refractivity contribution in [2.24, 2.45) is 0 Å². The predicted octanol–water partition coefficient (Wildman–Crippen LogP) is 1.24. The van der Waals surface area contributed by atoms with E-state index >= 15 is 0 Å². The van der Waals surface area contributed by atoms with Crippen LogP contribution in [0.25, 0.3) is 0 Å². The minimum atomic E-state index is -1.08. The van der Waals surface area contributed by atoms with E-state index in [9.17, 15) is 4.79 Å². The van der Waals surface area contributed by atoms with Crippen LogP contribution < -0.4 is 5.32 Å². The SMILES string of the molecule is COCC(CCO)Nc1ncc(C(=O)O)cc1Cl. The second-order valence-corrected chi connectivity index (χ2v) is 4.08. The molecule has 3 N–H and O–H groups in total. The fourth-order valence-electron chi connectivity index (χ4n) is 1.41. The van der Waals surface area contributed by atoms with Gasteiger partial charge in [0, 0.05) is 19.9 Å². The summed E-state index contributed by atoms with van der Waals surface area (Å²) < 4.78 is 4.99. The monoisotopic (exact) mass is 274 g/mol. The summed E-state index contributed by atoms with van der Waals surface area (Å²) in [5.41, 5.74) is 0.0241. The number of aromatic carboxylic acids is 1. The third-order valence-electron chi connectivity index (χ3n) is 2.27. The number of carboxylic acids is 1. The standard InChI is InChI=1S/C11H15ClN2O4/c1-18-6-8(2-3-15)14-10-9(12)4-7(5-13-10)11(16)17/h4-5,8,15H,2-3,6H2,1H3,(H,13,14)(H,16,17). The first-order valence-electron chi connectivity index (χ1n) is 5.33. The maximum Gasteiger partial charge on any atom is 0.337 e. The molecule has 0 radical (unpaired) electrons. The van der Waals surface area contributed by atoms with Gasteiger partial charge < -0.3 is 20.3 Å². The van der Waals surface area contributed by atoms with Gasteiger partial charge in [0.25, 0.3) is 0 Å². The van der Waals surface area contributed by atoms with Crippen molar-refractivity contribution in [2.75, 3.05) is 25.6 Å². The van der Waals surface area contributed by atoms with E-state index in [1.165, 1.54) is 12.3 Å². The lowest BCUT2D eigenvalue weighted by Crippen LogP contribution is -2.26. The second-order valence-electron chi connectivity index (χ2n) is 3.67. The third kappa shape index (κ3) is 4.14. The summed E-state index contributed by atoms with van der Waals surface area (Å²) in [7, 11) is 1.55. The van der Waals surface area contributed by atoms with E-state index in [4.69, 9.17) is 26.6 Å². The average molecular weight is 275 g/mol. The normalized spacial score (nSPS) is 12.2. The molecule has 1 unspecified atom stereocenters. The van der Waals surface area contributed by atoms with Crippen LogP contribution in [0.15, 0.2) is 12.3 Å². The quantitative estimate of drug-likeness (QED) is 0.693. The molecule has 1 aromatic rings. The molecule has 7 heteroatoms. The first kappa shape index (κ1) is 14.7. The Morgan fingerprint density at radius 2 is 2.39 bits per heavy atom. The summed E-state index contributed by atoms with van der Waals surface area (Å²) in [4.78, 5) is 14.7. The molecule has 0 aliphatic carbocycles. The van der Waals surface area contributed by atoms with Gasteiger partial charge in [-0.1, -0.05) is 11.6 Å². The maximum absolute atomic E-state index is 10.7. The van der Waals surface area contributed by atoms with E-state index in [1.807, 2.05) is 0 Å². The Kier molecular flexibility index (Phi) is 5.84. The molecular weight excluding hydrogens is 260 g/mol. The Bertz CT molecular complexity index is 408. The number of hydrogen-bond acceptors (Lipinski definition) is 5. The lowest BCUT2D eigenvalue weighted by Gasteiger charge is -2.18. The number of aliphatic hydroxyl groups excluding tert-OH is 1. The van der Waals surface area contributed by atoms with Crippen LogP contribution in [0.2, 0.25) is 5.02 Å². The molecule has 0 aliphatic rings. The Labute approximate surface area is 110 Å². The number of hydrogen-bond donors (Lipinski definition) is 3. The molecule has 0 fully saturated rings. The zero-order chi connectivity index (χ0) is 13.5. The number of pyridine rings is 1. The molecule has 6 nitrogen and oxygen atoms in total. The van der Waals surface area contributed by atoms with Gasteiger partial charge in [-0.05, 0) is 12.5 Å². The average Bonchev–Trinajstić information content (AvgIpc) is 2.32. The number of aliphatic hydroxyl groups is 1. The van der Waals surface area contributed by atoms with Gasteiger partial charge in [0.15, 0.2) is 0 Å². The molecule has 0 aliphatic heterocycles. The van der Waals surface area contributed by atoms with Gasteiger partial charge in [0.2, 0.25) is 0 Å². The van der Waals surface area contributed by atoms with Crippen molar-refractivity contribution in [3.8, 4) is 0 Å². The van der Waals surface area contributed by atoms with Gasteiger partial charge >= 0.3 is 5.97 Å². The number of anilines is 1. The molecule has 0 bridgehead atoms. The number of carboxylic acid groups (broad SMARTS) is 1. The van der Waals surface area contributed by atoms with Crippen LogP contribution in [-0.4, -0.2) is 47.5 Å². The Morgan fingerprint density at radius 3 is 2.89 bits per heavy atom. The molecule has 0 amide bonds. The van der Waals surface area contributed by atoms with Crippen LogP contribution in [-0.2, 0) is 4.74 Å². The van der Waals surface area contributed by atoms with E-state index in [1.54, 1.807) is 7.11 Å². The molecular formula is C11H15ClN2O4. The van der Waals surface area contributed by atoms with Crippen molar-refractivity contribution >= 4 is 23.4 Å². The third-order valence-corrected chi connectivity index (χ3v) is 2.56. The van der Waals surface area contributed by atoms with Gasteiger partial charge in [0.1, 0.15) is 5.82 Å². The summed E-state index contributed by atoms with van der Waals surface area (Å²) >= 11 is 5.93. The van der Waals surface area contributed by atoms with Crippen LogP contribution in [0.1, 0.15) is 16.8 Å². The zero-order valence-corrected chi connectivity index (χ0v) is 10.6. The number of rotatable bonds is 7. The molecule has 18 heavy (non-hydrogen) atoms. The molecule has 0 spiro atoms. The Morgan fingerprint density at radius 1 is 1.67 bits per heavy atom. The first-order valence-corrected chi connectivity index (χ1v) is 5.71. The highest BCUT2D eigenvalue weighted by Gasteiger charge is 2.13. The molecule has 0 saturated carbocycles. The van der Waals surface area contributed by atoms with E-state index in [2.05, 4.69) is 10.3 Å². The van der Waals surface area contributed by atoms with Crippen molar-refractivity contribution < 1.29 is 19.7 Å². The Hall–Kier alpha value is -1.37. The van der Waals surface area contributed by atoms with Gasteiger partial charge in [-0.25, -0.2) is 9.78 Å². The van der Waals surface area contributed by atoms with Crippen molar-refractivity contribution in [2.45, 2.75) is 12.5 Å². The first-order chi connectivity index (χ1) is 8.58. The molecule has 1 atom stereocenters. The maximum atomic E-state index is 10.7. The number of carbonyl (C=O) groups is 1. The largest absolute Gasteiger partial charge is 0.478 e. The van der Waals surface area contributed by atoms with Gasteiger partial charge in [-0.2, -0.15) is 0 Å². The fraction of sp³-hybridized carbons (Fsp3) is 0.455. The number of aromatic nitrogens is 1. The van der Waals surface area contributed by atoms with Crippen LogP contribution in [0.4, 0.5) is 5.82 Å². The van der Waals surface area contributed by atoms with E-state index < -0.39 is 5.97 Å². The Balaban J connectivity index is 2.79. The topological polar surface area (TPSA) is 91.7 Å². The molecule has 0 aromatic carbocycles. The minimum absolute atomic E-state index is 0.00581. The fourth-order valence-corrected chi connectivity index (χ4v) is 1.63. The van der Waals surface area contributed by atoms with E-state index in [0.717, 1.165) is 0 Å².